The second-order valence-corrected chi connectivity index (χ2v) is 14.0. The molecule has 2 aromatic rings. The Balaban J connectivity index is 1.26. The zero-order chi connectivity index (χ0) is 32.1. The van der Waals surface area contributed by atoms with E-state index >= 15 is 0 Å². The highest BCUT2D eigenvalue weighted by Crippen LogP contribution is 2.46. The second-order valence-electron chi connectivity index (χ2n) is 13.1. The molecule has 1 saturated carbocycles. The number of amides is 2. The highest BCUT2D eigenvalue weighted by atomic mass is 32.2. The molecule has 4 aliphatic rings. The number of nitrogens with zero attached hydrogens (tertiary/aromatic N) is 3. The number of halogens is 3. The number of allylic oxidation sites excluding steroid dienone is 2. The van der Waals surface area contributed by atoms with Crippen molar-refractivity contribution in [3.8, 4) is 0 Å². The summed E-state index contributed by atoms with van der Waals surface area (Å²) < 4.78 is 43.4. The molecule has 1 aliphatic carbocycles. The third-order valence-corrected chi connectivity index (χ3v) is 10.9. The van der Waals surface area contributed by atoms with Gasteiger partial charge in [0.1, 0.15) is 0 Å². The van der Waals surface area contributed by atoms with Crippen molar-refractivity contribution in [2.45, 2.75) is 64.2 Å². The SMILES string of the molecule is C=CC(=O)N1CC[C@]2(CCN(Cc3cc4c(c(C(F)(F)F)c3)CN(c3cccc([C@H](/C(N)=C(\C)SN)C5CCC5)c3)C4=O)C2)C1. The number of nitrogens with two attached hydrogens (primary N) is 2. The van der Waals surface area contributed by atoms with Crippen LogP contribution in [-0.2, 0) is 24.1 Å². The first kappa shape index (κ1) is 31.7. The van der Waals surface area contributed by atoms with Gasteiger partial charge in [0.25, 0.3) is 5.91 Å². The van der Waals surface area contributed by atoms with Crippen molar-refractivity contribution < 1.29 is 22.8 Å². The molecule has 0 unspecified atom stereocenters. The maximum atomic E-state index is 14.5. The van der Waals surface area contributed by atoms with Crippen molar-refractivity contribution >= 4 is 29.4 Å². The number of anilines is 1. The van der Waals surface area contributed by atoms with Gasteiger partial charge in [-0.3, -0.25) is 19.6 Å². The van der Waals surface area contributed by atoms with E-state index in [4.69, 9.17) is 10.9 Å². The summed E-state index contributed by atoms with van der Waals surface area (Å²) in [7, 11) is 0. The number of hydrogen-bond donors (Lipinski definition) is 2. The largest absolute Gasteiger partial charge is 0.416 e. The van der Waals surface area contributed by atoms with Crippen LogP contribution in [0.15, 0.2) is 59.7 Å². The van der Waals surface area contributed by atoms with Gasteiger partial charge in [0, 0.05) is 59.4 Å². The van der Waals surface area contributed by atoms with Crippen LogP contribution in [0.3, 0.4) is 0 Å². The summed E-state index contributed by atoms with van der Waals surface area (Å²) in [6.07, 6.45) is 1.65. The van der Waals surface area contributed by atoms with E-state index in [9.17, 15) is 22.8 Å². The Morgan fingerprint density at radius 1 is 1.18 bits per heavy atom. The quantitative estimate of drug-likeness (QED) is 0.266. The van der Waals surface area contributed by atoms with E-state index < -0.39 is 17.6 Å². The minimum absolute atomic E-state index is 0.0132. The van der Waals surface area contributed by atoms with E-state index in [2.05, 4.69) is 11.5 Å². The Bertz CT molecular complexity index is 1550. The molecule has 2 saturated heterocycles. The molecule has 7 nitrogen and oxygen atoms in total. The minimum atomic E-state index is -4.60. The van der Waals surface area contributed by atoms with Crippen molar-refractivity contribution in [1.82, 2.24) is 9.80 Å². The second kappa shape index (κ2) is 12.1. The Hall–Kier alpha value is -3.28. The van der Waals surface area contributed by atoms with Gasteiger partial charge in [0.05, 0.1) is 12.1 Å². The number of fused-ring (bicyclic) bond motifs is 1. The van der Waals surface area contributed by atoms with Crippen LogP contribution in [0.5, 0.6) is 0 Å². The molecule has 11 heteroatoms. The van der Waals surface area contributed by atoms with E-state index in [0.29, 0.717) is 49.0 Å². The molecule has 2 atom stereocenters. The van der Waals surface area contributed by atoms with E-state index in [1.165, 1.54) is 17.0 Å². The summed E-state index contributed by atoms with van der Waals surface area (Å²) in [5.74, 6) is -0.236. The molecule has 45 heavy (non-hydrogen) atoms. The molecule has 0 bridgehead atoms. The van der Waals surface area contributed by atoms with Gasteiger partial charge in [-0.2, -0.15) is 13.2 Å². The van der Waals surface area contributed by atoms with Gasteiger partial charge in [-0.1, -0.05) is 37.1 Å². The zero-order valence-electron chi connectivity index (χ0n) is 25.5. The molecule has 2 aromatic carbocycles. The van der Waals surface area contributed by atoms with Crippen molar-refractivity contribution in [1.29, 1.82) is 0 Å². The topological polar surface area (TPSA) is 95.9 Å². The normalized spacial score (nSPS) is 23.4. The van der Waals surface area contributed by atoms with Crippen LogP contribution in [0.2, 0.25) is 0 Å². The lowest BCUT2D eigenvalue weighted by Gasteiger charge is -2.35. The Labute approximate surface area is 266 Å². The maximum absolute atomic E-state index is 14.5. The molecule has 3 fully saturated rings. The summed E-state index contributed by atoms with van der Waals surface area (Å²) in [4.78, 5) is 32.2. The average Bonchev–Trinajstić information content (AvgIpc) is 3.70. The molecule has 6 rings (SSSR count). The zero-order valence-corrected chi connectivity index (χ0v) is 26.4. The predicted octanol–water partition coefficient (Wildman–Crippen LogP) is 6.16. The summed E-state index contributed by atoms with van der Waals surface area (Å²) in [5.41, 5.74) is 8.54. The lowest BCUT2D eigenvalue weighted by Crippen LogP contribution is -2.33. The molecule has 0 radical (unpaired) electrons. The van der Waals surface area contributed by atoms with Crippen LogP contribution < -0.4 is 15.8 Å². The first-order chi connectivity index (χ1) is 21.4. The van der Waals surface area contributed by atoms with Crippen LogP contribution in [0.4, 0.5) is 18.9 Å². The molecule has 3 aliphatic heterocycles. The molecule has 3 heterocycles. The van der Waals surface area contributed by atoms with E-state index in [1.54, 1.807) is 17.0 Å². The van der Waals surface area contributed by atoms with Crippen molar-refractivity contribution in [2.24, 2.45) is 22.2 Å². The summed E-state index contributed by atoms with van der Waals surface area (Å²) in [6.45, 7) is 8.35. The molecule has 2 amide bonds. The highest BCUT2D eigenvalue weighted by molar-refractivity contribution is 8.00. The Morgan fingerprint density at radius 2 is 1.93 bits per heavy atom. The number of rotatable bonds is 8. The van der Waals surface area contributed by atoms with Crippen LogP contribution in [-0.4, -0.2) is 47.8 Å². The molecule has 0 aromatic heterocycles. The van der Waals surface area contributed by atoms with Crippen molar-refractivity contribution in [3.63, 3.8) is 0 Å². The minimum Gasteiger partial charge on any atom is -0.401 e. The van der Waals surface area contributed by atoms with Gasteiger partial charge in [-0.05, 0) is 92.1 Å². The van der Waals surface area contributed by atoms with Crippen molar-refractivity contribution in [2.75, 3.05) is 31.1 Å². The van der Waals surface area contributed by atoms with E-state index in [-0.39, 0.29) is 34.9 Å². The fraction of sp³-hybridized carbons (Fsp3) is 0.471. The predicted molar refractivity (Wildman–Crippen MR) is 171 cm³/mol. The molecular weight excluding hydrogens is 599 g/mol. The standard InChI is InChI=1S/C34H40F3N5O2S/c1-3-29(43)41-13-11-33(20-41)10-12-40(19-33)17-22-14-26-27(28(15-22)34(35,36)37)18-42(32(26)44)25-9-5-8-24(16-25)30(23-6-4-7-23)31(38)21(2)45-39/h3,5,8-9,14-16,23,30H,1,4,6-7,10-13,17-20,38-39H2,2H3/b31-21-/t30-,33+/m1/s1. The van der Waals surface area contributed by atoms with Gasteiger partial charge in [0.15, 0.2) is 0 Å². The third-order valence-electron chi connectivity index (χ3n) is 10.3. The smallest absolute Gasteiger partial charge is 0.401 e. The monoisotopic (exact) mass is 639 g/mol. The van der Waals surface area contributed by atoms with Crippen LogP contribution >= 0.6 is 11.9 Å². The molecule has 240 valence electrons. The lowest BCUT2D eigenvalue weighted by atomic mass is 9.71. The summed E-state index contributed by atoms with van der Waals surface area (Å²) >= 11 is 1.11. The fourth-order valence-electron chi connectivity index (χ4n) is 7.68. The lowest BCUT2D eigenvalue weighted by molar-refractivity contribution is -0.138. The number of carbonyl (C=O) groups is 2. The molecule has 1 spiro atoms. The van der Waals surface area contributed by atoms with Gasteiger partial charge >= 0.3 is 6.18 Å². The average molecular weight is 640 g/mol. The van der Waals surface area contributed by atoms with Gasteiger partial charge in [-0.15, -0.1) is 0 Å². The number of benzene rings is 2. The van der Waals surface area contributed by atoms with Crippen LogP contribution in [0.25, 0.3) is 0 Å². The summed E-state index contributed by atoms with van der Waals surface area (Å²) in [6, 6.07) is 10.3. The van der Waals surface area contributed by atoms with Gasteiger partial charge < -0.3 is 15.5 Å². The Kier molecular flexibility index (Phi) is 8.56. The van der Waals surface area contributed by atoms with Gasteiger partial charge in [0.2, 0.25) is 5.91 Å². The van der Waals surface area contributed by atoms with Crippen LogP contribution in [0.1, 0.15) is 77.6 Å². The van der Waals surface area contributed by atoms with Crippen LogP contribution in [0, 0.1) is 11.3 Å². The highest BCUT2D eigenvalue weighted by Gasteiger charge is 2.45. The van der Waals surface area contributed by atoms with E-state index in [1.807, 2.05) is 25.1 Å². The fourth-order valence-corrected chi connectivity index (χ4v) is 7.94. The Morgan fingerprint density at radius 3 is 2.60 bits per heavy atom. The number of likely N-dealkylation sites (tertiary alicyclic amines) is 2. The molecular formula is C34H40F3N5O2S. The first-order valence-electron chi connectivity index (χ1n) is 15.5. The summed E-state index contributed by atoms with van der Waals surface area (Å²) in [5, 5.41) is 5.82. The number of carbonyl (C=O) groups excluding carboxylic acids is 2. The number of alkyl halides is 3. The maximum Gasteiger partial charge on any atom is 0.416 e. The third kappa shape index (κ3) is 6.02. The first-order valence-corrected chi connectivity index (χ1v) is 16.4. The molecule has 4 N–H and O–H groups in total. The van der Waals surface area contributed by atoms with E-state index in [0.717, 1.165) is 61.1 Å². The van der Waals surface area contributed by atoms with Crippen molar-refractivity contribution in [3.05, 3.63) is 87.5 Å². The van der Waals surface area contributed by atoms with Gasteiger partial charge in [-0.25, -0.2) is 0 Å². The number of hydrogen-bond acceptors (Lipinski definition) is 6.